The van der Waals surface area contributed by atoms with Crippen molar-refractivity contribution < 1.29 is 0 Å². The summed E-state index contributed by atoms with van der Waals surface area (Å²) >= 11 is 0. The van der Waals surface area contributed by atoms with Gasteiger partial charge in [0.15, 0.2) is 0 Å². The molecule has 110 valence electrons. The van der Waals surface area contributed by atoms with Crippen molar-refractivity contribution in [1.29, 1.82) is 0 Å². The average Bonchev–Trinajstić information content (AvgIpc) is 2.69. The van der Waals surface area contributed by atoms with E-state index in [0.29, 0.717) is 0 Å². The Morgan fingerprint density at radius 2 is 1.40 bits per heavy atom. The van der Waals surface area contributed by atoms with Crippen molar-refractivity contribution in [1.82, 2.24) is 4.90 Å². The van der Waals surface area contributed by atoms with Crippen LogP contribution in [0.1, 0.15) is 11.1 Å². The minimum Gasteiger partial charge on any atom is -0.398 e. The lowest BCUT2D eigenvalue weighted by Gasteiger charge is -2.02. The molecule has 1 aliphatic carbocycles. The second-order valence-corrected chi connectivity index (χ2v) is 5.05. The first-order valence-electron chi connectivity index (χ1n) is 6.16. The predicted octanol–water partition coefficient (Wildman–Crippen LogP) is 4.25. The normalized spacial score (nSPS) is 10.4. The maximum absolute atomic E-state index is 5.95. The van der Waals surface area contributed by atoms with Crippen molar-refractivity contribution in [3.8, 4) is 11.1 Å². The summed E-state index contributed by atoms with van der Waals surface area (Å²) in [6.07, 6.45) is 0.984. The van der Waals surface area contributed by atoms with Crippen LogP contribution >= 0.6 is 48.0 Å². The molecule has 2 nitrogen and oxygen atoms in total. The molecule has 4 heteroatoms. The Morgan fingerprint density at radius 1 is 0.850 bits per heavy atom. The van der Waals surface area contributed by atoms with E-state index in [-0.39, 0.29) is 48.0 Å². The average molecular weight is 496 g/mol. The molecule has 0 atom stereocenters. The zero-order chi connectivity index (χ0) is 13.1. The molecule has 1 aliphatic rings. The second-order valence-electron chi connectivity index (χ2n) is 5.05. The number of benzene rings is 2. The van der Waals surface area contributed by atoms with E-state index < -0.39 is 0 Å². The van der Waals surface area contributed by atoms with Gasteiger partial charge in [0.05, 0.1) is 0 Å². The van der Waals surface area contributed by atoms with E-state index in [1.165, 1.54) is 22.3 Å². The van der Waals surface area contributed by atoms with Crippen LogP contribution in [0.4, 0.5) is 5.69 Å². The summed E-state index contributed by atoms with van der Waals surface area (Å²) in [6, 6.07) is 14.7. The Kier molecular flexibility index (Phi) is 8.69. The third-order valence-electron chi connectivity index (χ3n) is 2.89. The van der Waals surface area contributed by atoms with Crippen LogP contribution in [0, 0.1) is 0 Å². The molecule has 0 saturated carbocycles. The molecule has 0 aromatic heterocycles. The largest absolute Gasteiger partial charge is 0.398 e. The molecular formula is C16H22I2N2. The van der Waals surface area contributed by atoms with E-state index in [1.54, 1.807) is 0 Å². The molecule has 2 aromatic rings. The summed E-state index contributed by atoms with van der Waals surface area (Å²) in [6.45, 7) is 0. The van der Waals surface area contributed by atoms with Crippen LogP contribution in [0.2, 0.25) is 0 Å². The van der Waals surface area contributed by atoms with Gasteiger partial charge >= 0.3 is 0 Å². The number of hydrogen-bond donors (Lipinski definition) is 1. The van der Waals surface area contributed by atoms with Crippen molar-refractivity contribution >= 4 is 53.6 Å². The van der Waals surface area contributed by atoms with Crippen LogP contribution in [-0.4, -0.2) is 26.0 Å². The summed E-state index contributed by atoms with van der Waals surface area (Å²) in [5.41, 5.74) is 12.2. The molecule has 0 spiro atoms. The summed E-state index contributed by atoms with van der Waals surface area (Å²) in [4.78, 5) is 2.00. The van der Waals surface area contributed by atoms with E-state index >= 15 is 0 Å². The van der Waals surface area contributed by atoms with Gasteiger partial charge in [0.1, 0.15) is 0 Å². The van der Waals surface area contributed by atoms with Gasteiger partial charge < -0.3 is 10.6 Å². The highest BCUT2D eigenvalue weighted by Gasteiger charge is 2.18. The molecule has 0 aliphatic heterocycles. The number of fused-ring (bicyclic) bond motifs is 3. The Labute approximate surface area is 155 Å². The van der Waals surface area contributed by atoms with Crippen molar-refractivity contribution in [3.63, 3.8) is 0 Å². The topological polar surface area (TPSA) is 29.3 Å². The maximum atomic E-state index is 5.95. The highest BCUT2D eigenvalue weighted by molar-refractivity contribution is 14.0. The first kappa shape index (κ1) is 19.7. The smallest absolute Gasteiger partial charge is 0.0356 e. The molecule has 2 N–H and O–H groups in total. The Balaban J connectivity index is 0.000000542. The van der Waals surface area contributed by atoms with E-state index in [0.717, 1.165) is 12.1 Å². The van der Waals surface area contributed by atoms with E-state index in [9.17, 15) is 0 Å². The van der Waals surface area contributed by atoms with Crippen LogP contribution in [-0.2, 0) is 6.42 Å². The number of nitrogen functional groups attached to an aromatic ring is 1. The van der Waals surface area contributed by atoms with Gasteiger partial charge in [0.2, 0.25) is 0 Å². The first-order chi connectivity index (χ1) is 8.59. The molecule has 0 radical (unpaired) electrons. The third-order valence-corrected chi connectivity index (χ3v) is 2.89. The van der Waals surface area contributed by atoms with Gasteiger partial charge in [-0.3, -0.25) is 0 Å². The van der Waals surface area contributed by atoms with Gasteiger partial charge in [-0.25, -0.2) is 0 Å². The van der Waals surface area contributed by atoms with Crippen molar-refractivity contribution in [2.24, 2.45) is 0 Å². The van der Waals surface area contributed by atoms with Crippen LogP contribution in [0.5, 0.6) is 0 Å². The molecule has 0 amide bonds. The van der Waals surface area contributed by atoms with Crippen LogP contribution < -0.4 is 5.73 Å². The van der Waals surface area contributed by atoms with E-state index in [1.807, 2.05) is 38.2 Å². The van der Waals surface area contributed by atoms with Gasteiger partial charge in [-0.1, -0.05) is 36.4 Å². The number of hydrogen-bond acceptors (Lipinski definition) is 2. The molecule has 0 fully saturated rings. The monoisotopic (exact) mass is 496 g/mol. The van der Waals surface area contributed by atoms with Gasteiger partial charge in [0, 0.05) is 12.1 Å². The summed E-state index contributed by atoms with van der Waals surface area (Å²) in [7, 11) is 6.00. The molecule has 0 heterocycles. The minimum atomic E-state index is 0. The Morgan fingerprint density at radius 3 is 2.05 bits per heavy atom. The van der Waals surface area contributed by atoms with Crippen molar-refractivity contribution in [2.75, 3.05) is 26.9 Å². The number of nitrogens with two attached hydrogens (primary N) is 1. The molecule has 20 heavy (non-hydrogen) atoms. The number of halogens is 2. The number of nitrogens with zero attached hydrogens (tertiary/aromatic N) is 1. The highest BCUT2D eigenvalue weighted by atomic mass is 127. The summed E-state index contributed by atoms with van der Waals surface area (Å²) in [5.74, 6) is 0. The predicted molar refractivity (Wildman–Crippen MR) is 110 cm³/mol. The third kappa shape index (κ3) is 4.60. The maximum Gasteiger partial charge on any atom is 0.0356 e. The quantitative estimate of drug-likeness (QED) is 0.373. The van der Waals surface area contributed by atoms with Crippen molar-refractivity contribution in [3.05, 3.63) is 53.6 Å². The summed E-state index contributed by atoms with van der Waals surface area (Å²) in [5, 5.41) is 0. The zero-order valence-corrected chi connectivity index (χ0v) is 16.8. The van der Waals surface area contributed by atoms with Gasteiger partial charge in [-0.2, -0.15) is 0 Å². The lowest BCUT2D eigenvalue weighted by atomic mass is 10.1. The Hall–Kier alpha value is -0.340. The molecule has 3 rings (SSSR count). The lowest BCUT2D eigenvalue weighted by Crippen LogP contribution is -1.99. The fourth-order valence-corrected chi connectivity index (χ4v) is 2.18. The molecule has 0 unspecified atom stereocenters. The number of rotatable bonds is 0. The zero-order valence-electron chi connectivity index (χ0n) is 12.1. The number of anilines is 1. The first-order valence-corrected chi connectivity index (χ1v) is 6.16. The Bertz CT molecular complexity index is 551. The fraction of sp³-hybridized carbons (Fsp3) is 0.250. The van der Waals surface area contributed by atoms with E-state index in [2.05, 4.69) is 30.3 Å². The van der Waals surface area contributed by atoms with E-state index in [4.69, 9.17) is 5.73 Å². The van der Waals surface area contributed by atoms with Crippen LogP contribution in [0.3, 0.4) is 0 Å². The minimum absolute atomic E-state index is 0. The van der Waals surface area contributed by atoms with Crippen LogP contribution in [0.25, 0.3) is 11.1 Å². The molecular weight excluding hydrogens is 474 g/mol. The van der Waals surface area contributed by atoms with Gasteiger partial charge in [-0.15, -0.1) is 48.0 Å². The van der Waals surface area contributed by atoms with Gasteiger partial charge in [-0.05, 0) is 49.5 Å². The lowest BCUT2D eigenvalue weighted by molar-refractivity contribution is 0.505. The van der Waals surface area contributed by atoms with Crippen molar-refractivity contribution in [2.45, 2.75) is 6.42 Å². The fourth-order valence-electron chi connectivity index (χ4n) is 2.18. The molecule has 2 aromatic carbocycles. The molecule has 0 bridgehead atoms. The standard InChI is InChI=1S/C13H11N.C3H9N.2HI/c14-13-7-3-6-11-10-5-2-1-4-9(10)8-12(11)13;1-4(2)3;;/h1-7H,8,14H2;1-3H3;2*1H. The molecule has 0 saturated heterocycles. The highest BCUT2D eigenvalue weighted by Crippen LogP contribution is 2.38. The SMILES string of the molecule is CN(C)C.I.I.Nc1cccc2c1Cc1ccccc1-2. The second kappa shape index (κ2) is 8.84. The summed E-state index contributed by atoms with van der Waals surface area (Å²) < 4.78 is 0. The van der Waals surface area contributed by atoms with Crippen LogP contribution in [0.15, 0.2) is 42.5 Å². The van der Waals surface area contributed by atoms with Gasteiger partial charge in [0.25, 0.3) is 0 Å².